The quantitative estimate of drug-likeness (QED) is 0.502. The second kappa shape index (κ2) is 4.89. The van der Waals surface area contributed by atoms with Crippen LogP contribution in [0.25, 0.3) is 0 Å². The van der Waals surface area contributed by atoms with E-state index in [2.05, 4.69) is 27.7 Å². The van der Waals surface area contributed by atoms with Gasteiger partial charge in [0.25, 0.3) is 0 Å². The van der Waals surface area contributed by atoms with Crippen LogP contribution in [0.5, 0.6) is 0 Å². The highest BCUT2D eigenvalue weighted by Crippen LogP contribution is 2.42. The minimum absolute atomic E-state index is 0.609. The molecule has 0 amide bonds. The number of hydrogen-bond acceptors (Lipinski definition) is 0. The van der Waals surface area contributed by atoms with E-state index in [-0.39, 0.29) is 0 Å². The molecule has 0 nitrogen and oxygen atoms in total. The topological polar surface area (TPSA) is 0 Å². The zero-order valence-electron chi connectivity index (χ0n) is 9.78. The van der Waals surface area contributed by atoms with E-state index in [0.29, 0.717) is 5.41 Å². The molecule has 0 heteroatoms. The van der Waals surface area contributed by atoms with Crippen molar-refractivity contribution in [3.63, 3.8) is 0 Å². The highest BCUT2D eigenvalue weighted by molar-refractivity contribution is 4.82. The Morgan fingerprint density at radius 3 is 1.83 bits per heavy atom. The molecular weight excluding hydrogens is 144 g/mol. The van der Waals surface area contributed by atoms with Crippen molar-refractivity contribution in [2.24, 2.45) is 17.3 Å². The molecule has 0 N–H and O–H groups in total. The van der Waals surface area contributed by atoms with Gasteiger partial charge in [-0.2, -0.15) is 0 Å². The summed E-state index contributed by atoms with van der Waals surface area (Å²) in [7, 11) is 0. The van der Waals surface area contributed by atoms with Crippen LogP contribution in [-0.4, -0.2) is 0 Å². The van der Waals surface area contributed by atoms with Gasteiger partial charge >= 0.3 is 0 Å². The monoisotopic (exact) mass is 170 g/mol. The molecule has 2 unspecified atom stereocenters. The third-order valence-corrected chi connectivity index (χ3v) is 3.30. The summed E-state index contributed by atoms with van der Waals surface area (Å²) in [5, 5.41) is 0. The smallest absolute Gasteiger partial charge is 0.0326 e. The van der Waals surface area contributed by atoms with Gasteiger partial charge in [-0.15, -0.1) is 0 Å². The first-order valence-electron chi connectivity index (χ1n) is 5.52. The lowest BCUT2D eigenvalue weighted by Crippen LogP contribution is -2.29. The van der Waals surface area contributed by atoms with Crippen LogP contribution in [0.1, 0.15) is 60.8 Å². The van der Waals surface area contributed by atoms with E-state index < -0.39 is 0 Å². The van der Waals surface area contributed by atoms with E-state index >= 15 is 0 Å². The number of hydrogen-bond donors (Lipinski definition) is 0. The first-order valence-corrected chi connectivity index (χ1v) is 5.52. The molecule has 2 atom stereocenters. The van der Waals surface area contributed by atoms with Crippen LogP contribution in [0.3, 0.4) is 0 Å². The average Bonchev–Trinajstić information content (AvgIpc) is 2.01. The molecule has 1 saturated carbocycles. The lowest BCUT2D eigenvalue weighted by Gasteiger charge is -2.39. The molecule has 0 aliphatic heterocycles. The molecule has 0 aromatic carbocycles. The summed E-state index contributed by atoms with van der Waals surface area (Å²) in [5.74, 6) is 1.90. The van der Waals surface area contributed by atoms with Gasteiger partial charge < -0.3 is 0 Å². The van der Waals surface area contributed by atoms with E-state index in [1.165, 1.54) is 19.3 Å². The second-order valence-corrected chi connectivity index (χ2v) is 4.78. The maximum atomic E-state index is 2.41. The van der Waals surface area contributed by atoms with Crippen LogP contribution >= 0.6 is 0 Å². The van der Waals surface area contributed by atoms with Crippen LogP contribution < -0.4 is 0 Å². The maximum absolute atomic E-state index is 2.41. The summed E-state index contributed by atoms with van der Waals surface area (Å²) >= 11 is 0. The summed E-state index contributed by atoms with van der Waals surface area (Å²) < 4.78 is 0. The summed E-state index contributed by atoms with van der Waals surface area (Å²) in [6, 6.07) is 0. The SMILES string of the molecule is CC.CC1CCC(C)C(C)(C)C1. The van der Waals surface area contributed by atoms with Gasteiger partial charge in [-0.3, -0.25) is 0 Å². The highest BCUT2D eigenvalue weighted by Gasteiger charge is 2.31. The van der Waals surface area contributed by atoms with Crippen molar-refractivity contribution < 1.29 is 0 Å². The molecule has 1 aliphatic rings. The molecule has 0 saturated heterocycles. The Morgan fingerprint density at radius 2 is 1.50 bits per heavy atom. The van der Waals surface area contributed by atoms with Gasteiger partial charge in [0, 0.05) is 0 Å². The van der Waals surface area contributed by atoms with E-state index in [9.17, 15) is 0 Å². The Hall–Kier alpha value is 0. The zero-order valence-corrected chi connectivity index (χ0v) is 9.78. The van der Waals surface area contributed by atoms with Crippen LogP contribution in [0.2, 0.25) is 0 Å². The minimum Gasteiger partial charge on any atom is -0.0683 e. The molecule has 0 aromatic heterocycles. The van der Waals surface area contributed by atoms with Crippen molar-refractivity contribution in [3.05, 3.63) is 0 Å². The number of rotatable bonds is 0. The van der Waals surface area contributed by atoms with Gasteiger partial charge in [0.15, 0.2) is 0 Å². The predicted octanol–water partition coefficient (Wildman–Crippen LogP) is 4.49. The van der Waals surface area contributed by atoms with Gasteiger partial charge in [0.1, 0.15) is 0 Å². The van der Waals surface area contributed by atoms with Crippen molar-refractivity contribution in [1.29, 1.82) is 0 Å². The van der Waals surface area contributed by atoms with Gasteiger partial charge in [-0.05, 0) is 30.1 Å². The first kappa shape index (κ1) is 12.0. The Balaban J connectivity index is 0.000000561. The van der Waals surface area contributed by atoms with Gasteiger partial charge in [-0.25, -0.2) is 0 Å². The summed E-state index contributed by atoms with van der Waals surface area (Å²) in [6.45, 7) is 13.6. The van der Waals surface area contributed by atoms with Crippen molar-refractivity contribution >= 4 is 0 Å². The van der Waals surface area contributed by atoms with E-state index in [4.69, 9.17) is 0 Å². The van der Waals surface area contributed by atoms with Gasteiger partial charge in [-0.1, -0.05) is 48.0 Å². The first-order chi connectivity index (χ1) is 5.52. The zero-order chi connectivity index (χ0) is 9.78. The van der Waals surface area contributed by atoms with Crippen LogP contribution in [0.15, 0.2) is 0 Å². The third-order valence-electron chi connectivity index (χ3n) is 3.30. The average molecular weight is 170 g/mol. The van der Waals surface area contributed by atoms with E-state index in [1.807, 2.05) is 13.8 Å². The van der Waals surface area contributed by atoms with Gasteiger partial charge in [0.05, 0.1) is 0 Å². The Kier molecular flexibility index (Phi) is 4.89. The summed E-state index contributed by atoms with van der Waals surface area (Å²) in [4.78, 5) is 0. The molecular formula is C12H26. The molecule has 0 bridgehead atoms. The largest absolute Gasteiger partial charge is 0.0683 e. The Labute approximate surface area is 78.8 Å². The molecule has 1 fully saturated rings. The highest BCUT2D eigenvalue weighted by atomic mass is 14.4. The molecule has 12 heavy (non-hydrogen) atoms. The maximum Gasteiger partial charge on any atom is -0.0326 e. The van der Waals surface area contributed by atoms with Crippen molar-refractivity contribution in [2.75, 3.05) is 0 Å². The molecule has 0 spiro atoms. The Morgan fingerprint density at radius 1 is 1.00 bits per heavy atom. The lowest BCUT2D eigenvalue weighted by molar-refractivity contribution is 0.115. The van der Waals surface area contributed by atoms with Crippen molar-refractivity contribution in [3.8, 4) is 0 Å². The van der Waals surface area contributed by atoms with E-state index in [0.717, 1.165) is 11.8 Å². The predicted molar refractivity (Wildman–Crippen MR) is 57.3 cm³/mol. The van der Waals surface area contributed by atoms with Crippen LogP contribution in [-0.2, 0) is 0 Å². The minimum atomic E-state index is 0.609. The van der Waals surface area contributed by atoms with Gasteiger partial charge in [0.2, 0.25) is 0 Å². The Bertz CT molecular complexity index is 113. The molecule has 74 valence electrons. The molecule has 0 radical (unpaired) electrons. The van der Waals surface area contributed by atoms with E-state index in [1.54, 1.807) is 0 Å². The fourth-order valence-electron chi connectivity index (χ4n) is 2.13. The van der Waals surface area contributed by atoms with Crippen LogP contribution in [0.4, 0.5) is 0 Å². The van der Waals surface area contributed by atoms with Crippen molar-refractivity contribution in [1.82, 2.24) is 0 Å². The molecule has 0 aromatic rings. The van der Waals surface area contributed by atoms with Crippen LogP contribution in [0, 0.1) is 17.3 Å². The summed E-state index contributed by atoms with van der Waals surface area (Å²) in [6.07, 6.45) is 4.31. The molecule has 0 heterocycles. The lowest BCUT2D eigenvalue weighted by atomic mass is 9.66. The van der Waals surface area contributed by atoms with Crippen molar-refractivity contribution in [2.45, 2.75) is 60.8 Å². The summed E-state index contributed by atoms with van der Waals surface area (Å²) in [5.41, 5.74) is 0.609. The second-order valence-electron chi connectivity index (χ2n) is 4.78. The molecule has 1 aliphatic carbocycles. The normalized spacial score (nSPS) is 33.5. The third kappa shape index (κ3) is 3.16. The fourth-order valence-corrected chi connectivity index (χ4v) is 2.13. The standard InChI is InChI=1S/C10H20.C2H6/c1-8-5-6-9(2)10(3,4)7-8;1-2/h8-9H,5-7H2,1-4H3;1-2H3. The molecule has 1 rings (SSSR count). The fraction of sp³-hybridized carbons (Fsp3) is 1.00.